The Hall–Kier alpha value is -3.14. The van der Waals surface area contributed by atoms with E-state index < -0.39 is 12.3 Å². The third-order valence-electron chi connectivity index (χ3n) is 6.37. The number of rotatable bonds is 5. The van der Waals surface area contributed by atoms with Crippen molar-refractivity contribution in [1.82, 2.24) is 19.8 Å². The number of carbonyl (C=O) groups excluding carboxylic acids is 2. The van der Waals surface area contributed by atoms with Crippen molar-refractivity contribution < 1.29 is 9.59 Å². The number of hydrogen-bond donors (Lipinski definition) is 1. The molecular formula is C22H26N6O3S. The summed E-state index contributed by atoms with van der Waals surface area (Å²) in [6.45, 7) is 7.48. The molecule has 3 aliphatic rings. The molecule has 0 spiro atoms. The second kappa shape index (κ2) is 7.77. The van der Waals surface area contributed by atoms with Gasteiger partial charge in [-0.15, -0.1) is 5.10 Å². The maximum atomic E-state index is 13.7. The van der Waals surface area contributed by atoms with Gasteiger partial charge in [-0.3, -0.25) is 29.4 Å². The van der Waals surface area contributed by atoms with Gasteiger partial charge in [-0.25, -0.2) is 4.79 Å². The molecule has 0 saturated carbocycles. The van der Waals surface area contributed by atoms with Crippen molar-refractivity contribution in [1.29, 1.82) is 0 Å². The van der Waals surface area contributed by atoms with Crippen molar-refractivity contribution in [2.45, 2.75) is 45.9 Å². The Kier molecular flexibility index (Phi) is 5.04. The Balaban J connectivity index is 1.72. The number of benzene rings is 1. The van der Waals surface area contributed by atoms with Crippen molar-refractivity contribution in [3.05, 3.63) is 49.5 Å². The molecule has 2 aromatic rings. The van der Waals surface area contributed by atoms with Gasteiger partial charge in [0.2, 0.25) is 4.80 Å². The van der Waals surface area contributed by atoms with E-state index in [1.165, 1.54) is 11.3 Å². The number of hydrogen-bond acceptors (Lipinski definition) is 6. The van der Waals surface area contributed by atoms with Gasteiger partial charge < -0.3 is 4.90 Å². The zero-order valence-corrected chi connectivity index (χ0v) is 19.2. The van der Waals surface area contributed by atoms with Gasteiger partial charge in [0.05, 0.1) is 11.3 Å². The smallest absolute Gasteiger partial charge is 0.308 e. The molecule has 0 bridgehead atoms. The van der Waals surface area contributed by atoms with E-state index in [-0.39, 0.29) is 17.5 Å². The Labute approximate surface area is 189 Å². The number of amides is 3. The highest BCUT2D eigenvalue weighted by molar-refractivity contribution is 7.07. The molecule has 1 fully saturated rings. The second-order valence-electron chi connectivity index (χ2n) is 8.05. The molecule has 10 heteroatoms. The summed E-state index contributed by atoms with van der Waals surface area (Å²) in [6, 6.07) is 7.49. The minimum atomic E-state index is -0.499. The largest absolute Gasteiger partial charge is 0.323 e. The van der Waals surface area contributed by atoms with Crippen LogP contribution in [-0.4, -0.2) is 52.1 Å². The molecule has 32 heavy (non-hydrogen) atoms. The van der Waals surface area contributed by atoms with Crippen LogP contribution >= 0.6 is 11.3 Å². The van der Waals surface area contributed by atoms with Gasteiger partial charge in [0, 0.05) is 25.2 Å². The van der Waals surface area contributed by atoms with Crippen molar-refractivity contribution in [2.75, 3.05) is 24.5 Å². The fourth-order valence-electron chi connectivity index (χ4n) is 4.81. The van der Waals surface area contributed by atoms with E-state index in [4.69, 9.17) is 0 Å². The molecule has 168 valence electrons. The van der Waals surface area contributed by atoms with Crippen LogP contribution < -0.4 is 25.2 Å². The van der Waals surface area contributed by atoms with Crippen LogP contribution in [0.1, 0.15) is 45.3 Å². The number of unbranched alkanes of at least 4 members (excludes halogenated alkanes) is 1. The summed E-state index contributed by atoms with van der Waals surface area (Å²) in [4.78, 5) is 45.7. The molecule has 9 nitrogen and oxygen atoms in total. The lowest BCUT2D eigenvalue weighted by atomic mass is 10.1. The summed E-state index contributed by atoms with van der Waals surface area (Å²) in [6.07, 6.45) is 0.940. The van der Waals surface area contributed by atoms with Gasteiger partial charge in [0.1, 0.15) is 4.53 Å². The minimum absolute atomic E-state index is 0.124. The highest BCUT2D eigenvalue weighted by atomic mass is 32.1. The van der Waals surface area contributed by atoms with Gasteiger partial charge in [0.25, 0.3) is 11.5 Å². The van der Waals surface area contributed by atoms with Gasteiger partial charge in [0.15, 0.2) is 12.3 Å². The summed E-state index contributed by atoms with van der Waals surface area (Å²) in [7, 11) is 0. The summed E-state index contributed by atoms with van der Waals surface area (Å²) in [5.74, 6) is -0.148. The third kappa shape index (κ3) is 2.75. The van der Waals surface area contributed by atoms with Crippen LogP contribution in [0.2, 0.25) is 0 Å². The molecule has 0 aliphatic carbocycles. The predicted molar refractivity (Wildman–Crippen MR) is 122 cm³/mol. The Morgan fingerprint density at radius 3 is 2.53 bits per heavy atom. The number of likely N-dealkylation sites (N-methyl/N-ethyl adjacent to an activating group) is 2. The van der Waals surface area contributed by atoms with E-state index in [1.807, 2.05) is 38.1 Å². The Morgan fingerprint density at radius 2 is 1.81 bits per heavy atom. The summed E-state index contributed by atoms with van der Waals surface area (Å²) >= 11 is 1.20. The highest BCUT2D eigenvalue weighted by Crippen LogP contribution is 2.35. The van der Waals surface area contributed by atoms with E-state index in [0.717, 1.165) is 24.1 Å². The molecular weight excluding hydrogens is 428 g/mol. The van der Waals surface area contributed by atoms with E-state index in [9.17, 15) is 14.4 Å². The van der Waals surface area contributed by atoms with Gasteiger partial charge in [-0.1, -0.05) is 42.9 Å². The second-order valence-corrected chi connectivity index (χ2v) is 9.02. The van der Waals surface area contributed by atoms with Crippen LogP contribution in [-0.2, 0) is 4.79 Å². The third-order valence-corrected chi connectivity index (χ3v) is 7.42. The number of nitrogens with zero attached hydrogens (tertiary/aromatic N) is 5. The lowest BCUT2D eigenvalue weighted by Crippen LogP contribution is -2.53. The standard InChI is InChI=1S/C22H26N6O3S/c1-4-7-12-27-14-11-9-8-10-13(14)15(19(27)29)16-20(30)28-18-17(23-24-21(28)32-16)25(5-2)22(31)26(18)6-3/h8-11,17-18,23H,4-7,12H2,1-3H3/b16-15-. The quantitative estimate of drug-likeness (QED) is 0.730. The average molecular weight is 455 g/mol. The molecule has 0 radical (unpaired) electrons. The van der Waals surface area contributed by atoms with Gasteiger partial charge in [-0.2, -0.15) is 0 Å². The molecule has 2 unspecified atom stereocenters. The van der Waals surface area contributed by atoms with Crippen molar-refractivity contribution in [3.63, 3.8) is 0 Å². The number of urea groups is 1. The molecule has 3 amide bonds. The van der Waals surface area contributed by atoms with E-state index in [2.05, 4.69) is 17.5 Å². The normalized spacial score (nSPS) is 23.2. The molecule has 1 N–H and O–H groups in total. The average Bonchev–Trinajstić information content (AvgIpc) is 3.37. The summed E-state index contributed by atoms with van der Waals surface area (Å²) in [5, 5.41) is 4.41. The lowest BCUT2D eigenvalue weighted by molar-refractivity contribution is -0.113. The molecule has 5 rings (SSSR count). The first-order valence-electron chi connectivity index (χ1n) is 11.1. The van der Waals surface area contributed by atoms with Crippen molar-refractivity contribution in [3.8, 4) is 0 Å². The first kappa shape index (κ1) is 20.7. The summed E-state index contributed by atoms with van der Waals surface area (Å²) < 4.78 is 1.96. The minimum Gasteiger partial charge on any atom is -0.308 e. The van der Waals surface area contributed by atoms with Crippen LogP contribution in [0.25, 0.3) is 5.57 Å². The number of nitrogens with one attached hydrogen (secondary N) is 1. The lowest BCUT2D eigenvalue weighted by Gasteiger charge is -2.29. The van der Waals surface area contributed by atoms with Crippen molar-refractivity contribution >= 4 is 34.5 Å². The SMILES string of the molecule is CCCCN1C(=O)/C(=c2\sc3n(c2=O)C2C(NN=3)N(CC)C(=O)N2CC)c2ccccc21. The van der Waals surface area contributed by atoms with E-state index >= 15 is 0 Å². The van der Waals surface area contributed by atoms with Crippen LogP contribution in [0.15, 0.2) is 34.2 Å². The number of fused-ring (bicyclic) bond motifs is 4. The number of carbonyl (C=O) groups is 2. The first-order chi connectivity index (χ1) is 15.5. The van der Waals surface area contributed by atoms with Crippen LogP contribution in [0.5, 0.6) is 0 Å². The first-order valence-corrected chi connectivity index (χ1v) is 11.9. The van der Waals surface area contributed by atoms with Crippen molar-refractivity contribution in [2.24, 2.45) is 5.10 Å². The zero-order valence-electron chi connectivity index (χ0n) is 18.4. The molecule has 1 saturated heterocycles. The maximum Gasteiger partial charge on any atom is 0.323 e. The van der Waals surface area contributed by atoms with E-state index in [1.54, 1.807) is 19.3 Å². The topological polar surface area (TPSA) is 90.2 Å². The van der Waals surface area contributed by atoms with Gasteiger partial charge >= 0.3 is 6.03 Å². The maximum absolute atomic E-state index is 13.7. The van der Waals surface area contributed by atoms with Crippen LogP contribution in [0.3, 0.4) is 0 Å². The Bertz CT molecular complexity index is 1280. The fourth-order valence-corrected chi connectivity index (χ4v) is 5.86. The van der Waals surface area contributed by atoms with Crippen LogP contribution in [0, 0.1) is 0 Å². The molecule has 1 aromatic carbocycles. The van der Waals surface area contributed by atoms with Crippen LogP contribution in [0.4, 0.5) is 10.5 Å². The molecule has 2 atom stereocenters. The van der Waals surface area contributed by atoms with E-state index in [0.29, 0.717) is 34.5 Å². The molecule has 1 aromatic heterocycles. The highest BCUT2D eigenvalue weighted by Gasteiger charge is 2.48. The summed E-state index contributed by atoms with van der Waals surface area (Å²) in [5.41, 5.74) is 4.84. The molecule has 4 heterocycles. The number of anilines is 1. The zero-order chi connectivity index (χ0) is 22.6. The predicted octanol–water partition coefficient (Wildman–Crippen LogP) is 0.995. The van der Waals surface area contributed by atoms with Gasteiger partial charge in [-0.05, 0) is 26.3 Å². The number of para-hydroxylation sites is 1. The molecule has 3 aliphatic heterocycles. The Morgan fingerprint density at radius 1 is 1.06 bits per heavy atom. The monoisotopic (exact) mass is 454 g/mol. The number of aromatic nitrogens is 1. The fraction of sp³-hybridized carbons (Fsp3) is 0.455. The number of thiazole rings is 1.